The lowest BCUT2D eigenvalue weighted by Crippen LogP contribution is -2.02. The topological polar surface area (TPSA) is 105 Å². The van der Waals surface area contributed by atoms with Crippen LogP contribution in [0.25, 0.3) is 0 Å². The molecule has 7 nitrogen and oxygen atoms in total. The van der Waals surface area contributed by atoms with Gasteiger partial charge in [-0.2, -0.15) is 0 Å². The number of unbranched alkanes of at least 4 members (excludes halogenated alkanes) is 1. The molecule has 0 aliphatic rings. The Bertz CT molecular complexity index is 379. The Kier molecular flexibility index (Phi) is 4.65. The lowest BCUT2D eigenvalue weighted by molar-refractivity contribution is -0.380. The highest BCUT2D eigenvalue weighted by Gasteiger charge is 2.10. The molecule has 0 bridgehead atoms. The van der Waals surface area contributed by atoms with Crippen LogP contribution in [-0.2, 0) is 4.79 Å². The molecule has 1 heterocycles. The Morgan fingerprint density at radius 3 is 2.94 bits per heavy atom. The first-order chi connectivity index (χ1) is 7.59. The summed E-state index contributed by atoms with van der Waals surface area (Å²) in [5.74, 6) is -0.815. The minimum absolute atomic E-state index is 0.00645. The van der Waals surface area contributed by atoms with Crippen molar-refractivity contribution in [2.24, 2.45) is 0 Å². The van der Waals surface area contributed by atoms with Gasteiger partial charge in [-0.3, -0.25) is 14.9 Å². The Balaban J connectivity index is 2.21. The van der Waals surface area contributed by atoms with E-state index in [1.54, 1.807) is 0 Å². The number of carbonyl (C=O) groups is 1. The first kappa shape index (κ1) is 12.4. The predicted molar refractivity (Wildman–Crippen MR) is 58.7 cm³/mol. The Hall–Kier alpha value is -1.70. The molecule has 0 amide bonds. The minimum Gasteiger partial charge on any atom is -0.481 e. The van der Waals surface area contributed by atoms with Crippen molar-refractivity contribution < 1.29 is 14.8 Å². The highest BCUT2D eigenvalue weighted by molar-refractivity contribution is 7.18. The summed E-state index contributed by atoms with van der Waals surface area (Å²) in [6.45, 7) is 0.567. The van der Waals surface area contributed by atoms with Crippen LogP contribution in [-0.4, -0.2) is 27.5 Å². The molecule has 0 fully saturated rings. The number of nitrogens with zero attached hydrogens (tertiary/aromatic N) is 2. The summed E-state index contributed by atoms with van der Waals surface area (Å²) < 4.78 is 0. The van der Waals surface area contributed by atoms with Crippen molar-refractivity contribution in [1.29, 1.82) is 0 Å². The van der Waals surface area contributed by atoms with Gasteiger partial charge < -0.3 is 10.4 Å². The summed E-state index contributed by atoms with van der Waals surface area (Å²) in [5.41, 5.74) is 0. The van der Waals surface area contributed by atoms with E-state index in [0.717, 1.165) is 11.3 Å². The molecule has 1 aromatic heterocycles. The zero-order valence-corrected chi connectivity index (χ0v) is 9.20. The summed E-state index contributed by atoms with van der Waals surface area (Å²) in [4.78, 5) is 23.9. The second-order valence-corrected chi connectivity index (χ2v) is 4.05. The largest absolute Gasteiger partial charge is 0.481 e. The van der Waals surface area contributed by atoms with Gasteiger partial charge >= 0.3 is 11.0 Å². The van der Waals surface area contributed by atoms with Gasteiger partial charge in [0.1, 0.15) is 6.20 Å². The van der Waals surface area contributed by atoms with E-state index in [9.17, 15) is 14.9 Å². The van der Waals surface area contributed by atoms with Gasteiger partial charge in [0.15, 0.2) is 5.13 Å². The number of thiazole rings is 1. The SMILES string of the molecule is O=C(O)CCCCNc1ncc([N+](=O)[O-])s1. The van der Waals surface area contributed by atoms with Gasteiger partial charge in [-0.15, -0.1) is 0 Å². The number of hydrogen-bond donors (Lipinski definition) is 2. The molecule has 0 spiro atoms. The third kappa shape index (κ3) is 4.22. The average molecular weight is 245 g/mol. The average Bonchev–Trinajstić information content (AvgIpc) is 2.65. The van der Waals surface area contributed by atoms with E-state index in [2.05, 4.69) is 10.3 Å². The van der Waals surface area contributed by atoms with Crippen LogP contribution in [0.2, 0.25) is 0 Å². The number of hydrogen-bond acceptors (Lipinski definition) is 6. The standard InChI is InChI=1S/C8H11N3O4S/c12-7(13)3-1-2-4-9-8-10-5-6(16-8)11(14)15/h5H,1-4H2,(H,9,10)(H,12,13). The highest BCUT2D eigenvalue weighted by Crippen LogP contribution is 2.24. The molecule has 0 aliphatic heterocycles. The summed E-state index contributed by atoms with van der Waals surface area (Å²) in [6, 6.07) is 0. The van der Waals surface area contributed by atoms with Crippen molar-refractivity contribution >= 4 is 27.4 Å². The zero-order chi connectivity index (χ0) is 12.0. The number of nitro groups is 1. The van der Waals surface area contributed by atoms with Crippen LogP contribution in [0.3, 0.4) is 0 Å². The van der Waals surface area contributed by atoms with E-state index >= 15 is 0 Å². The first-order valence-electron chi connectivity index (χ1n) is 4.65. The van der Waals surface area contributed by atoms with Gasteiger partial charge in [0.2, 0.25) is 0 Å². The number of aliphatic carboxylic acids is 1. The normalized spacial score (nSPS) is 10.0. The Morgan fingerprint density at radius 2 is 2.38 bits per heavy atom. The molecule has 0 radical (unpaired) electrons. The molecule has 1 aromatic rings. The number of aromatic nitrogens is 1. The van der Waals surface area contributed by atoms with E-state index in [0.29, 0.717) is 24.5 Å². The maximum atomic E-state index is 10.3. The van der Waals surface area contributed by atoms with Crippen LogP contribution >= 0.6 is 11.3 Å². The van der Waals surface area contributed by atoms with Gasteiger partial charge in [-0.25, -0.2) is 4.98 Å². The zero-order valence-electron chi connectivity index (χ0n) is 8.38. The van der Waals surface area contributed by atoms with Crippen LogP contribution in [0, 0.1) is 10.1 Å². The molecule has 88 valence electrons. The minimum atomic E-state index is -0.815. The van der Waals surface area contributed by atoms with E-state index < -0.39 is 10.9 Å². The van der Waals surface area contributed by atoms with Crippen LogP contribution in [0.4, 0.5) is 10.1 Å². The highest BCUT2D eigenvalue weighted by atomic mass is 32.1. The molecule has 0 aliphatic carbocycles. The molecule has 0 atom stereocenters. The monoisotopic (exact) mass is 245 g/mol. The number of anilines is 1. The third-order valence-electron chi connectivity index (χ3n) is 1.77. The molecular weight excluding hydrogens is 234 g/mol. The maximum Gasteiger partial charge on any atom is 0.345 e. The molecule has 0 unspecified atom stereocenters. The molecule has 0 saturated carbocycles. The fraction of sp³-hybridized carbons (Fsp3) is 0.500. The summed E-state index contributed by atoms with van der Waals surface area (Å²) in [7, 11) is 0. The second-order valence-electron chi connectivity index (χ2n) is 3.04. The Labute approximate surface area is 95.3 Å². The molecule has 0 saturated heterocycles. The second kappa shape index (κ2) is 6.01. The number of nitrogens with one attached hydrogen (secondary N) is 1. The van der Waals surface area contributed by atoms with Crippen molar-refractivity contribution in [1.82, 2.24) is 4.98 Å². The van der Waals surface area contributed by atoms with Gasteiger partial charge in [0.25, 0.3) is 0 Å². The van der Waals surface area contributed by atoms with Crippen LogP contribution in [0.15, 0.2) is 6.20 Å². The fourth-order valence-corrected chi connectivity index (χ4v) is 1.69. The fourth-order valence-electron chi connectivity index (χ4n) is 1.03. The Morgan fingerprint density at radius 1 is 1.62 bits per heavy atom. The van der Waals surface area contributed by atoms with Crippen molar-refractivity contribution in [3.63, 3.8) is 0 Å². The molecular formula is C8H11N3O4S. The number of rotatable bonds is 7. The lowest BCUT2D eigenvalue weighted by Gasteiger charge is -1.99. The van der Waals surface area contributed by atoms with E-state index in [1.807, 2.05) is 0 Å². The van der Waals surface area contributed by atoms with E-state index in [-0.39, 0.29) is 11.4 Å². The third-order valence-corrected chi connectivity index (χ3v) is 2.67. The van der Waals surface area contributed by atoms with Crippen LogP contribution in [0.5, 0.6) is 0 Å². The van der Waals surface area contributed by atoms with Gasteiger partial charge in [-0.05, 0) is 24.2 Å². The van der Waals surface area contributed by atoms with Crippen molar-refractivity contribution in [3.8, 4) is 0 Å². The summed E-state index contributed by atoms with van der Waals surface area (Å²) in [5, 5.41) is 22.1. The molecule has 0 aromatic carbocycles. The summed E-state index contributed by atoms with van der Waals surface area (Å²) >= 11 is 0.968. The first-order valence-corrected chi connectivity index (χ1v) is 5.47. The van der Waals surface area contributed by atoms with Crippen LogP contribution < -0.4 is 5.32 Å². The molecule has 2 N–H and O–H groups in total. The van der Waals surface area contributed by atoms with Gasteiger partial charge in [-0.1, -0.05) is 0 Å². The molecule has 16 heavy (non-hydrogen) atoms. The smallest absolute Gasteiger partial charge is 0.345 e. The van der Waals surface area contributed by atoms with E-state index in [4.69, 9.17) is 5.11 Å². The number of carboxylic acids is 1. The van der Waals surface area contributed by atoms with Crippen molar-refractivity contribution in [3.05, 3.63) is 16.3 Å². The maximum absolute atomic E-state index is 10.3. The van der Waals surface area contributed by atoms with Crippen molar-refractivity contribution in [2.45, 2.75) is 19.3 Å². The van der Waals surface area contributed by atoms with Crippen LogP contribution in [0.1, 0.15) is 19.3 Å². The predicted octanol–water partition coefficient (Wildman–Crippen LogP) is 1.72. The van der Waals surface area contributed by atoms with Crippen molar-refractivity contribution in [2.75, 3.05) is 11.9 Å². The van der Waals surface area contributed by atoms with E-state index in [1.165, 1.54) is 6.20 Å². The molecule has 1 rings (SSSR count). The summed E-state index contributed by atoms with van der Waals surface area (Å²) in [6.07, 6.45) is 2.61. The van der Waals surface area contributed by atoms with Gasteiger partial charge in [0, 0.05) is 13.0 Å². The number of carboxylic acid groups (broad SMARTS) is 1. The molecule has 8 heteroatoms. The quantitative estimate of drug-likeness (QED) is 0.430. The lowest BCUT2D eigenvalue weighted by atomic mass is 10.2. The van der Waals surface area contributed by atoms with Gasteiger partial charge in [0.05, 0.1) is 4.92 Å².